The minimum absolute atomic E-state index is 0.0971. The number of carbonyl (C=O) groups is 3. The number of Topliss-reactive ketones (excluding diaryl/α,β-unsaturated/α-hetero) is 2. The third-order valence-corrected chi connectivity index (χ3v) is 6.55. The van der Waals surface area contributed by atoms with Crippen LogP contribution in [0.2, 0.25) is 10.0 Å². The SMILES string of the molecule is COC(=O)[C@@H]1C(=O)C[C@@](O)(c2ccc(Cl)c(C)c2)C[C@H]1C(=O)c1ccc(Cl)c(C)c1. The van der Waals surface area contributed by atoms with Gasteiger partial charge < -0.3 is 9.84 Å². The predicted octanol–water partition coefficient (Wildman–Crippen LogP) is 4.45. The molecule has 0 radical (unpaired) electrons. The second-order valence-corrected chi connectivity index (χ2v) is 8.59. The number of hydrogen-bond acceptors (Lipinski definition) is 5. The summed E-state index contributed by atoms with van der Waals surface area (Å²) in [5, 5.41) is 12.4. The molecule has 3 rings (SSSR count). The van der Waals surface area contributed by atoms with Gasteiger partial charge in [0, 0.05) is 27.9 Å². The van der Waals surface area contributed by atoms with Gasteiger partial charge in [0.05, 0.1) is 12.7 Å². The van der Waals surface area contributed by atoms with Crippen molar-refractivity contribution in [2.75, 3.05) is 7.11 Å². The monoisotopic (exact) mass is 448 g/mol. The summed E-state index contributed by atoms with van der Waals surface area (Å²) in [5.74, 6) is -4.07. The Labute approximate surface area is 184 Å². The van der Waals surface area contributed by atoms with E-state index in [0.29, 0.717) is 26.7 Å². The Morgan fingerprint density at radius 3 is 2.23 bits per heavy atom. The third-order valence-electron chi connectivity index (χ3n) is 5.70. The molecule has 30 heavy (non-hydrogen) atoms. The Morgan fingerprint density at radius 1 is 1.07 bits per heavy atom. The molecule has 7 heteroatoms. The van der Waals surface area contributed by atoms with Gasteiger partial charge in [-0.2, -0.15) is 0 Å². The van der Waals surface area contributed by atoms with Crippen molar-refractivity contribution in [3.05, 3.63) is 68.7 Å². The molecule has 0 aromatic heterocycles. The maximum Gasteiger partial charge on any atom is 0.316 e. The first kappa shape index (κ1) is 22.5. The Morgan fingerprint density at radius 2 is 1.67 bits per heavy atom. The van der Waals surface area contributed by atoms with Gasteiger partial charge in [-0.3, -0.25) is 14.4 Å². The summed E-state index contributed by atoms with van der Waals surface area (Å²) < 4.78 is 4.80. The highest BCUT2D eigenvalue weighted by Gasteiger charge is 2.51. The van der Waals surface area contributed by atoms with E-state index in [1.165, 1.54) is 7.11 Å². The number of hydrogen-bond donors (Lipinski definition) is 1. The molecular formula is C23H22Cl2O5. The lowest BCUT2D eigenvalue weighted by Gasteiger charge is -2.39. The van der Waals surface area contributed by atoms with Gasteiger partial charge in [0.25, 0.3) is 0 Å². The van der Waals surface area contributed by atoms with Crippen LogP contribution >= 0.6 is 23.2 Å². The minimum atomic E-state index is -1.60. The summed E-state index contributed by atoms with van der Waals surface area (Å²) in [4.78, 5) is 38.7. The van der Waals surface area contributed by atoms with E-state index >= 15 is 0 Å². The summed E-state index contributed by atoms with van der Waals surface area (Å²) in [5.41, 5.74) is 0.633. The van der Waals surface area contributed by atoms with E-state index in [-0.39, 0.29) is 12.8 Å². The standard InChI is InChI=1S/C23H22Cl2O5/c1-12-8-14(4-6-17(12)24)21(27)16-10-23(29,11-19(26)20(16)22(28)30-3)15-5-7-18(25)13(2)9-15/h4-9,16,20,29H,10-11H2,1-3H3/t16-,20+,23-/m1/s1. The summed E-state index contributed by atoms with van der Waals surface area (Å²) >= 11 is 12.1. The molecule has 0 amide bonds. The summed E-state index contributed by atoms with van der Waals surface area (Å²) in [6.07, 6.45) is -0.392. The van der Waals surface area contributed by atoms with Gasteiger partial charge in [-0.05, 0) is 61.2 Å². The molecule has 1 saturated carbocycles. The Kier molecular flexibility index (Phi) is 6.37. The van der Waals surface area contributed by atoms with Crippen molar-refractivity contribution in [2.45, 2.75) is 32.3 Å². The van der Waals surface area contributed by atoms with Crippen LogP contribution < -0.4 is 0 Å². The third kappa shape index (κ3) is 4.15. The fraction of sp³-hybridized carbons (Fsp3) is 0.348. The van der Waals surface area contributed by atoms with Crippen LogP contribution in [0.4, 0.5) is 0 Å². The molecule has 1 N–H and O–H groups in total. The molecule has 1 fully saturated rings. The van der Waals surface area contributed by atoms with E-state index in [9.17, 15) is 19.5 Å². The highest BCUT2D eigenvalue weighted by atomic mass is 35.5. The second kappa shape index (κ2) is 8.50. The van der Waals surface area contributed by atoms with Crippen molar-refractivity contribution in [3.63, 3.8) is 0 Å². The molecular weight excluding hydrogens is 427 g/mol. The maximum atomic E-state index is 13.3. The van der Waals surface area contributed by atoms with Crippen molar-refractivity contribution in [1.29, 1.82) is 0 Å². The van der Waals surface area contributed by atoms with E-state index in [2.05, 4.69) is 0 Å². The van der Waals surface area contributed by atoms with Gasteiger partial charge in [0.1, 0.15) is 5.92 Å². The first-order chi connectivity index (χ1) is 14.1. The van der Waals surface area contributed by atoms with Crippen LogP contribution in [-0.2, 0) is 19.9 Å². The number of carbonyl (C=O) groups excluding carboxylic acids is 3. The Balaban J connectivity index is 2.06. The second-order valence-electron chi connectivity index (χ2n) is 7.78. The van der Waals surface area contributed by atoms with E-state index in [0.717, 1.165) is 5.56 Å². The van der Waals surface area contributed by atoms with Crippen LogP contribution in [0.1, 0.15) is 39.9 Å². The number of ether oxygens (including phenoxy) is 1. The van der Waals surface area contributed by atoms with Crippen LogP contribution in [0.5, 0.6) is 0 Å². The van der Waals surface area contributed by atoms with Crippen molar-refractivity contribution in [2.24, 2.45) is 11.8 Å². The molecule has 0 spiro atoms. The number of ketones is 2. The zero-order chi connectivity index (χ0) is 22.2. The largest absolute Gasteiger partial charge is 0.468 e. The Hall–Kier alpha value is -2.21. The normalized spacial score (nSPS) is 23.9. The molecule has 5 nitrogen and oxygen atoms in total. The zero-order valence-electron chi connectivity index (χ0n) is 16.9. The molecule has 158 valence electrons. The molecule has 2 aromatic rings. The van der Waals surface area contributed by atoms with Crippen LogP contribution in [0, 0.1) is 25.7 Å². The molecule has 2 aromatic carbocycles. The number of esters is 1. The predicted molar refractivity (Wildman–Crippen MR) is 114 cm³/mol. The molecule has 3 atom stereocenters. The van der Waals surface area contributed by atoms with Gasteiger partial charge in [-0.15, -0.1) is 0 Å². The topological polar surface area (TPSA) is 80.7 Å². The lowest BCUT2D eigenvalue weighted by molar-refractivity contribution is -0.157. The molecule has 0 bridgehead atoms. The fourth-order valence-electron chi connectivity index (χ4n) is 4.01. The number of aliphatic hydroxyl groups is 1. The van der Waals surface area contributed by atoms with Crippen LogP contribution in [0.25, 0.3) is 0 Å². The average molecular weight is 449 g/mol. The zero-order valence-corrected chi connectivity index (χ0v) is 18.4. The quantitative estimate of drug-likeness (QED) is 0.424. The van der Waals surface area contributed by atoms with E-state index < -0.39 is 35.0 Å². The molecule has 0 saturated heterocycles. The lowest BCUT2D eigenvalue weighted by atomic mass is 9.66. The van der Waals surface area contributed by atoms with Gasteiger partial charge in [0.15, 0.2) is 11.6 Å². The van der Waals surface area contributed by atoms with Crippen molar-refractivity contribution in [1.82, 2.24) is 0 Å². The van der Waals surface area contributed by atoms with Gasteiger partial charge in [-0.25, -0.2) is 0 Å². The van der Waals surface area contributed by atoms with Crippen LogP contribution in [0.15, 0.2) is 36.4 Å². The number of benzene rings is 2. The van der Waals surface area contributed by atoms with Gasteiger partial charge >= 0.3 is 5.97 Å². The van der Waals surface area contributed by atoms with E-state index in [4.69, 9.17) is 27.9 Å². The van der Waals surface area contributed by atoms with Crippen molar-refractivity contribution < 1.29 is 24.2 Å². The summed E-state index contributed by atoms with van der Waals surface area (Å²) in [7, 11) is 1.17. The van der Waals surface area contributed by atoms with Gasteiger partial charge in [0.2, 0.25) is 0 Å². The minimum Gasteiger partial charge on any atom is -0.468 e. The fourth-order valence-corrected chi connectivity index (χ4v) is 4.24. The first-order valence-corrected chi connectivity index (χ1v) is 10.2. The van der Waals surface area contributed by atoms with Crippen LogP contribution in [0.3, 0.4) is 0 Å². The number of aryl methyl sites for hydroxylation is 2. The lowest BCUT2D eigenvalue weighted by Crippen LogP contribution is -2.48. The van der Waals surface area contributed by atoms with E-state index in [1.807, 2.05) is 0 Å². The Bertz CT molecular complexity index is 1030. The molecule has 1 aliphatic rings. The summed E-state index contributed by atoms with van der Waals surface area (Å²) in [6.45, 7) is 3.55. The highest BCUT2D eigenvalue weighted by Crippen LogP contribution is 2.43. The average Bonchev–Trinajstić information content (AvgIpc) is 2.70. The molecule has 0 aliphatic heterocycles. The van der Waals surface area contributed by atoms with Gasteiger partial charge in [-0.1, -0.05) is 35.3 Å². The molecule has 0 heterocycles. The number of rotatable bonds is 4. The maximum absolute atomic E-state index is 13.3. The number of halogens is 2. The molecule has 0 unspecified atom stereocenters. The van der Waals surface area contributed by atoms with Crippen molar-refractivity contribution >= 4 is 40.7 Å². The van der Waals surface area contributed by atoms with E-state index in [1.54, 1.807) is 50.2 Å². The molecule has 1 aliphatic carbocycles. The summed E-state index contributed by atoms with van der Waals surface area (Å²) in [6, 6.07) is 9.73. The smallest absolute Gasteiger partial charge is 0.316 e. The number of methoxy groups -OCH3 is 1. The highest BCUT2D eigenvalue weighted by molar-refractivity contribution is 6.31. The van der Waals surface area contributed by atoms with Crippen LogP contribution in [-0.4, -0.2) is 29.8 Å². The van der Waals surface area contributed by atoms with Crippen molar-refractivity contribution in [3.8, 4) is 0 Å². The first-order valence-electron chi connectivity index (χ1n) is 9.47.